The second-order valence-corrected chi connectivity index (χ2v) is 4.70. The second-order valence-electron chi connectivity index (χ2n) is 4.70. The van der Waals surface area contributed by atoms with Crippen LogP contribution in [0.2, 0.25) is 0 Å². The first-order chi connectivity index (χ1) is 8.18. The highest BCUT2D eigenvalue weighted by Crippen LogP contribution is 2.11. The molecular formula is C15H22N2. The molecule has 1 unspecified atom stereocenters. The van der Waals surface area contributed by atoms with Crippen molar-refractivity contribution in [2.75, 3.05) is 0 Å². The van der Waals surface area contributed by atoms with E-state index < -0.39 is 0 Å². The molecule has 1 atom stereocenters. The van der Waals surface area contributed by atoms with Gasteiger partial charge in [0.05, 0.1) is 0 Å². The van der Waals surface area contributed by atoms with E-state index in [4.69, 9.17) is 0 Å². The molecule has 0 aromatic carbocycles. The molecule has 0 aliphatic heterocycles. The van der Waals surface area contributed by atoms with Crippen LogP contribution in [0.25, 0.3) is 0 Å². The van der Waals surface area contributed by atoms with Crippen LogP contribution in [0.5, 0.6) is 0 Å². The molecule has 0 bridgehead atoms. The van der Waals surface area contributed by atoms with Gasteiger partial charge in [-0.1, -0.05) is 24.6 Å². The van der Waals surface area contributed by atoms with Gasteiger partial charge in [-0.05, 0) is 51.2 Å². The standard InChI is InChI=1S/C15H22N2/c1-13(2)7-6-8-14(3)10-12-17-15-9-4-5-11-16-15/h4-5,7,9,11-12,14H,6,8,10H2,1-3H3. The third kappa shape index (κ3) is 6.67. The summed E-state index contributed by atoms with van der Waals surface area (Å²) in [4.78, 5) is 8.49. The number of nitrogens with zero attached hydrogens (tertiary/aromatic N) is 2. The molecule has 0 N–H and O–H groups in total. The summed E-state index contributed by atoms with van der Waals surface area (Å²) in [5.41, 5.74) is 1.40. The molecule has 0 saturated heterocycles. The van der Waals surface area contributed by atoms with Crippen LogP contribution in [0, 0.1) is 5.92 Å². The molecule has 1 aromatic rings. The van der Waals surface area contributed by atoms with Crippen molar-refractivity contribution in [1.82, 2.24) is 4.98 Å². The molecule has 0 spiro atoms. The zero-order chi connectivity index (χ0) is 12.5. The van der Waals surface area contributed by atoms with Gasteiger partial charge in [0.25, 0.3) is 0 Å². The molecule has 0 fully saturated rings. The van der Waals surface area contributed by atoms with Gasteiger partial charge in [-0.2, -0.15) is 0 Å². The number of aromatic nitrogens is 1. The molecule has 0 aliphatic rings. The smallest absolute Gasteiger partial charge is 0.151 e. The van der Waals surface area contributed by atoms with E-state index in [0.29, 0.717) is 5.92 Å². The van der Waals surface area contributed by atoms with Crippen molar-refractivity contribution in [3.05, 3.63) is 36.0 Å². The van der Waals surface area contributed by atoms with Crippen molar-refractivity contribution in [2.24, 2.45) is 10.9 Å². The monoisotopic (exact) mass is 230 g/mol. The van der Waals surface area contributed by atoms with Gasteiger partial charge >= 0.3 is 0 Å². The Bertz CT molecular complexity index is 362. The molecule has 2 heteroatoms. The normalized spacial score (nSPS) is 12.6. The lowest BCUT2D eigenvalue weighted by molar-refractivity contribution is 0.563. The van der Waals surface area contributed by atoms with E-state index in [2.05, 4.69) is 36.8 Å². The molecule has 0 radical (unpaired) electrons. The van der Waals surface area contributed by atoms with Gasteiger partial charge in [-0.15, -0.1) is 0 Å². The maximum absolute atomic E-state index is 4.34. The SMILES string of the molecule is CC(C)=CCCC(C)CC=Nc1ccccn1. The van der Waals surface area contributed by atoms with Gasteiger partial charge in [0.2, 0.25) is 0 Å². The number of rotatable bonds is 6. The zero-order valence-corrected chi connectivity index (χ0v) is 11.1. The second kappa shape index (κ2) is 7.77. The third-order valence-electron chi connectivity index (χ3n) is 2.59. The van der Waals surface area contributed by atoms with Crippen LogP contribution in [0.3, 0.4) is 0 Å². The van der Waals surface area contributed by atoms with Crippen molar-refractivity contribution in [1.29, 1.82) is 0 Å². The topological polar surface area (TPSA) is 25.2 Å². The number of allylic oxidation sites excluding steroid dienone is 2. The molecule has 1 heterocycles. The lowest BCUT2D eigenvalue weighted by Crippen LogP contribution is -1.94. The lowest BCUT2D eigenvalue weighted by Gasteiger charge is -2.05. The van der Waals surface area contributed by atoms with Crippen molar-refractivity contribution in [3.63, 3.8) is 0 Å². The summed E-state index contributed by atoms with van der Waals surface area (Å²) < 4.78 is 0. The first kappa shape index (κ1) is 13.6. The maximum atomic E-state index is 4.34. The molecule has 1 rings (SSSR count). The van der Waals surface area contributed by atoms with E-state index in [1.165, 1.54) is 18.4 Å². The molecular weight excluding hydrogens is 208 g/mol. The molecule has 2 nitrogen and oxygen atoms in total. The summed E-state index contributed by atoms with van der Waals surface area (Å²) in [6.45, 7) is 6.56. The number of pyridine rings is 1. The van der Waals surface area contributed by atoms with E-state index >= 15 is 0 Å². The Morgan fingerprint density at radius 3 is 2.88 bits per heavy atom. The number of hydrogen-bond acceptors (Lipinski definition) is 2. The van der Waals surface area contributed by atoms with Gasteiger partial charge < -0.3 is 0 Å². The van der Waals surface area contributed by atoms with Crippen LogP contribution in [-0.2, 0) is 0 Å². The first-order valence-corrected chi connectivity index (χ1v) is 6.25. The Kier molecular flexibility index (Phi) is 6.23. The molecule has 92 valence electrons. The van der Waals surface area contributed by atoms with Crippen molar-refractivity contribution >= 4 is 12.0 Å². The Labute approximate surface area is 105 Å². The predicted molar refractivity (Wildman–Crippen MR) is 74.8 cm³/mol. The minimum absolute atomic E-state index is 0.679. The van der Waals surface area contributed by atoms with Gasteiger partial charge in [0.15, 0.2) is 5.82 Å². The molecule has 1 aromatic heterocycles. The van der Waals surface area contributed by atoms with Crippen LogP contribution < -0.4 is 0 Å². The van der Waals surface area contributed by atoms with E-state index in [-0.39, 0.29) is 0 Å². The number of hydrogen-bond donors (Lipinski definition) is 0. The third-order valence-corrected chi connectivity index (χ3v) is 2.59. The largest absolute Gasteiger partial charge is 0.242 e. The van der Waals surface area contributed by atoms with E-state index in [1.807, 2.05) is 24.4 Å². The predicted octanol–water partition coefficient (Wildman–Crippen LogP) is 4.56. The van der Waals surface area contributed by atoms with Crippen molar-refractivity contribution < 1.29 is 0 Å². The summed E-state index contributed by atoms with van der Waals surface area (Å²) in [5, 5.41) is 0. The first-order valence-electron chi connectivity index (χ1n) is 6.25. The fourth-order valence-electron chi connectivity index (χ4n) is 1.53. The van der Waals surface area contributed by atoms with E-state index in [9.17, 15) is 0 Å². The Morgan fingerprint density at radius 2 is 2.24 bits per heavy atom. The minimum atomic E-state index is 0.679. The van der Waals surface area contributed by atoms with E-state index in [1.54, 1.807) is 6.20 Å². The average Bonchev–Trinajstić information content (AvgIpc) is 2.30. The number of aliphatic imine (C=N–C) groups is 1. The highest BCUT2D eigenvalue weighted by atomic mass is 14.9. The Balaban J connectivity index is 2.26. The van der Waals surface area contributed by atoms with Crippen LogP contribution in [0.1, 0.15) is 40.0 Å². The van der Waals surface area contributed by atoms with Gasteiger partial charge in [-0.25, -0.2) is 9.98 Å². The molecule has 17 heavy (non-hydrogen) atoms. The van der Waals surface area contributed by atoms with Crippen LogP contribution in [0.15, 0.2) is 41.0 Å². The summed E-state index contributed by atoms with van der Waals surface area (Å²) in [6, 6.07) is 5.78. The summed E-state index contributed by atoms with van der Waals surface area (Å²) in [5.74, 6) is 1.47. The Hall–Kier alpha value is -1.44. The van der Waals surface area contributed by atoms with Gasteiger partial charge in [0, 0.05) is 12.4 Å². The fourth-order valence-corrected chi connectivity index (χ4v) is 1.53. The zero-order valence-electron chi connectivity index (χ0n) is 11.1. The summed E-state index contributed by atoms with van der Waals surface area (Å²) in [6.07, 6.45) is 9.46. The fraction of sp³-hybridized carbons (Fsp3) is 0.467. The van der Waals surface area contributed by atoms with Crippen molar-refractivity contribution in [3.8, 4) is 0 Å². The lowest BCUT2D eigenvalue weighted by atomic mass is 10.0. The highest BCUT2D eigenvalue weighted by Gasteiger charge is 1.98. The minimum Gasteiger partial charge on any atom is -0.242 e. The molecule has 0 amide bonds. The van der Waals surface area contributed by atoms with Crippen LogP contribution in [-0.4, -0.2) is 11.2 Å². The molecule has 0 saturated carbocycles. The van der Waals surface area contributed by atoms with Crippen molar-refractivity contribution in [2.45, 2.75) is 40.0 Å². The summed E-state index contributed by atoms with van der Waals surface area (Å²) >= 11 is 0. The maximum Gasteiger partial charge on any atom is 0.151 e. The van der Waals surface area contributed by atoms with Gasteiger partial charge in [0.1, 0.15) is 0 Å². The van der Waals surface area contributed by atoms with E-state index in [0.717, 1.165) is 12.2 Å². The highest BCUT2D eigenvalue weighted by molar-refractivity contribution is 5.61. The van der Waals surface area contributed by atoms with Crippen LogP contribution in [0.4, 0.5) is 5.82 Å². The van der Waals surface area contributed by atoms with Crippen LogP contribution >= 0.6 is 0 Å². The summed E-state index contributed by atoms with van der Waals surface area (Å²) in [7, 11) is 0. The molecule has 0 aliphatic carbocycles. The average molecular weight is 230 g/mol. The van der Waals surface area contributed by atoms with Gasteiger partial charge in [-0.3, -0.25) is 0 Å². The quantitative estimate of drug-likeness (QED) is 0.519. The Morgan fingerprint density at radius 1 is 1.41 bits per heavy atom.